The Morgan fingerprint density at radius 3 is 1.73 bits per heavy atom. The number of nitrogens with one attached hydrogen (secondary N) is 3. The first-order valence-electron chi connectivity index (χ1n) is 6.31. The molecule has 0 amide bonds. The van der Waals surface area contributed by atoms with E-state index >= 15 is 0 Å². The number of benzene rings is 2. The van der Waals surface area contributed by atoms with Crippen molar-refractivity contribution in [1.82, 2.24) is 10.9 Å². The number of halogens is 2. The molecule has 0 saturated heterocycles. The summed E-state index contributed by atoms with van der Waals surface area (Å²) in [6.45, 7) is 0. The predicted molar refractivity (Wildman–Crippen MR) is 92.1 cm³/mol. The van der Waals surface area contributed by atoms with Gasteiger partial charge in [-0.15, -0.1) is 0 Å². The predicted octanol–water partition coefficient (Wildman–Crippen LogP) is 3.48. The van der Waals surface area contributed by atoms with Gasteiger partial charge in [-0.05, 0) is 35.4 Å². The van der Waals surface area contributed by atoms with Crippen LogP contribution in [0.2, 0.25) is 10.0 Å². The number of hydrogen-bond donors (Lipinski definition) is 3. The van der Waals surface area contributed by atoms with E-state index in [1.807, 2.05) is 24.3 Å². The number of rotatable bonds is 4. The lowest BCUT2D eigenvalue weighted by Gasteiger charge is -2.01. The van der Waals surface area contributed by atoms with E-state index in [0.29, 0.717) is 10.0 Å². The summed E-state index contributed by atoms with van der Waals surface area (Å²) in [5, 5.41) is 16.7. The van der Waals surface area contributed by atoms with Crippen LogP contribution in [0.5, 0.6) is 0 Å². The fourth-order valence-electron chi connectivity index (χ4n) is 1.54. The Hall–Kier alpha value is -2.37. The molecule has 2 rings (SSSR count). The summed E-state index contributed by atoms with van der Waals surface area (Å²) < 4.78 is 0. The maximum atomic E-state index is 7.60. The molecule has 0 radical (unpaired) electrons. The highest BCUT2D eigenvalue weighted by molar-refractivity contribution is 6.31. The normalized spacial score (nSPS) is 11.0. The molecule has 0 heterocycles. The molecule has 2 aromatic rings. The Kier molecular flexibility index (Phi) is 5.94. The maximum absolute atomic E-state index is 7.60. The van der Waals surface area contributed by atoms with Crippen molar-refractivity contribution in [1.29, 1.82) is 5.41 Å². The second-order valence-electron chi connectivity index (χ2n) is 4.23. The molecule has 0 atom stereocenters. The summed E-state index contributed by atoms with van der Waals surface area (Å²) in [6.07, 6.45) is 3.12. The van der Waals surface area contributed by atoms with Crippen LogP contribution in [0.3, 0.4) is 0 Å². The minimum absolute atomic E-state index is 0.0587. The van der Waals surface area contributed by atoms with Crippen molar-refractivity contribution in [3.8, 4) is 0 Å². The van der Waals surface area contributed by atoms with E-state index in [4.69, 9.17) is 28.6 Å². The molecule has 2 aromatic carbocycles. The molecule has 0 saturated carbocycles. The van der Waals surface area contributed by atoms with Crippen molar-refractivity contribution in [2.75, 3.05) is 0 Å². The number of hydrazone groups is 2. The fraction of sp³-hybridized carbons (Fsp3) is 0. The third-order valence-corrected chi connectivity index (χ3v) is 2.95. The second-order valence-corrected chi connectivity index (χ2v) is 5.10. The third kappa shape index (κ3) is 5.55. The van der Waals surface area contributed by atoms with Crippen LogP contribution in [0.1, 0.15) is 11.1 Å². The molecular weight excluding hydrogens is 321 g/mol. The Morgan fingerprint density at radius 2 is 1.32 bits per heavy atom. The zero-order valence-electron chi connectivity index (χ0n) is 11.4. The first-order chi connectivity index (χ1) is 10.6. The fourth-order valence-corrected chi connectivity index (χ4v) is 1.94. The first-order valence-corrected chi connectivity index (χ1v) is 7.07. The van der Waals surface area contributed by atoms with Gasteiger partial charge in [0.25, 0.3) is 0 Å². The Labute approximate surface area is 138 Å². The van der Waals surface area contributed by atoms with Crippen LogP contribution in [0.4, 0.5) is 0 Å². The van der Waals surface area contributed by atoms with Crippen molar-refractivity contribution >= 4 is 41.6 Å². The molecule has 0 bridgehead atoms. The molecule has 0 aliphatic heterocycles. The van der Waals surface area contributed by atoms with Gasteiger partial charge in [0.2, 0.25) is 5.96 Å². The minimum atomic E-state index is -0.0587. The first kappa shape index (κ1) is 16.0. The lowest BCUT2D eigenvalue weighted by molar-refractivity contribution is 0.893. The molecule has 3 N–H and O–H groups in total. The smallest absolute Gasteiger partial charge is 0.230 e. The lowest BCUT2D eigenvalue weighted by atomic mass is 10.2. The van der Waals surface area contributed by atoms with Crippen LogP contribution in [-0.4, -0.2) is 18.4 Å². The molecule has 7 heteroatoms. The average Bonchev–Trinajstić information content (AvgIpc) is 2.47. The van der Waals surface area contributed by atoms with Gasteiger partial charge in [0.1, 0.15) is 0 Å². The Balaban J connectivity index is 1.81. The molecule has 0 spiro atoms. The van der Waals surface area contributed by atoms with E-state index in [9.17, 15) is 0 Å². The van der Waals surface area contributed by atoms with Gasteiger partial charge < -0.3 is 0 Å². The molecule has 0 aromatic heterocycles. The van der Waals surface area contributed by atoms with Crippen LogP contribution in [-0.2, 0) is 0 Å². The highest BCUT2D eigenvalue weighted by Gasteiger charge is 1.92. The van der Waals surface area contributed by atoms with Crippen LogP contribution < -0.4 is 10.9 Å². The molecule has 22 heavy (non-hydrogen) atoms. The molecule has 0 fully saturated rings. The highest BCUT2D eigenvalue weighted by Crippen LogP contribution is 2.09. The summed E-state index contributed by atoms with van der Waals surface area (Å²) in [5.74, 6) is -0.0587. The van der Waals surface area contributed by atoms with Gasteiger partial charge in [0, 0.05) is 10.0 Å². The molecule has 0 aliphatic rings. The Morgan fingerprint density at radius 1 is 0.864 bits per heavy atom. The highest BCUT2D eigenvalue weighted by atomic mass is 35.5. The quantitative estimate of drug-likeness (QED) is 0.455. The van der Waals surface area contributed by atoms with Crippen LogP contribution >= 0.6 is 23.2 Å². The van der Waals surface area contributed by atoms with Crippen molar-refractivity contribution in [2.24, 2.45) is 10.2 Å². The molecule has 5 nitrogen and oxygen atoms in total. The molecule has 0 unspecified atom stereocenters. The van der Waals surface area contributed by atoms with Gasteiger partial charge in [-0.25, -0.2) is 10.9 Å². The molecule has 0 aliphatic carbocycles. The van der Waals surface area contributed by atoms with E-state index < -0.39 is 0 Å². The van der Waals surface area contributed by atoms with Crippen molar-refractivity contribution in [3.63, 3.8) is 0 Å². The third-order valence-electron chi connectivity index (χ3n) is 2.48. The molecular formula is C15H13Cl2N5. The number of guanidine groups is 1. The average molecular weight is 334 g/mol. The van der Waals surface area contributed by atoms with E-state index in [0.717, 1.165) is 11.1 Å². The maximum Gasteiger partial charge on any atom is 0.230 e. The zero-order chi connectivity index (χ0) is 15.8. The van der Waals surface area contributed by atoms with Gasteiger partial charge in [0.15, 0.2) is 0 Å². The van der Waals surface area contributed by atoms with Crippen molar-refractivity contribution < 1.29 is 0 Å². The summed E-state index contributed by atoms with van der Waals surface area (Å²) >= 11 is 11.7. The van der Waals surface area contributed by atoms with E-state index in [2.05, 4.69) is 21.1 Å². The van der Waals surface area contributed by atoms with E-state index in [-0.39, 0.29) is 5.96 Å². The number of hydrogen-bond acceptors (Lipinski definition) is 3. The topological polar surface area (TPSA) is 72.6 Å². The second kappa shape index (κ2) is 8.17. The zero-order valence-corrected chi connectivity index (χ0v) is 12.9. The summed E-state index contributed by atoms with van der Waals surface area (Å²) in [7, 11) is 0. The summed E-state index contributed by atoms with van der Waals surface area (Å²) in [5.41, 5.74) is 6.67. The van der Waals surface area contributed by atoms with Crippen LogP contribution in [0, 0.1) is 5.41 Å². The SMILES string of the molecule is N=C(N/N=C/c1cccc(Cl)c1)N/N=C/c1cccc(Cl)c1. The molecule has 112 valence electrons. The Bertz CT molecular complexity index is 653. The lowest BCUT2D eigenvalue weighted by Crippen LogP contribution is -2.29. The van der Waals surface area contributed by atoms with E-state index in [1.165, 1.54) is 0 Å². The van der Waals surface area contributed by atoms with Crippen molar-refractivity contribution in [3.05, 3.63) is 69.7 Å². The van der Waals surface area contributed by atoms with E-state index in [1.54, 1.807) is 36.7 Å². The minimum Gasteiger partial charge on any atom is -0.266 e. The largest absolute Gasteiger partial charge is 0.266 e. The van der Waals surface area contributed by atoms with Gasteiger partial charge in [0.05, 0.1) is 12.4 Å². The van der Waals surface area contributed by atoms with Gasteiger partial charge in [-0.1, -0.05) is 47.5 Å². The summed E-state index contributed by atoms with van der Waals surface area (Å²) in [6, 6.07) is 14.4. The van der Waals surface area contributed by atoms with Gasteiger partial charge in [-0.3, -0.25) is 5.41 Å². The van der Waals surface area contributed by atoms with Gasteiger partial charge in [-0.2, -0.15) is 10.2 Å². The standard InChI is InChI=1S/C15H13Cl2N5/c16-13-5-1-3-11(7-13)9-19-21-15(18)22-20-10-12-4-2-6-14(17)8-12/h1-10H,(H3,18,21,22)/b19-9+,20-10+. The summed E-state index contributed by atoms with van der Waals surface area (Å²) in [4.78, 5) is 0. The number of nitrogens with zero attached hydrogens (tertiary/aromatic N) is 2. The van der Waals surface area contributed by atoms with Crippen molar-refractivity contribution in [2.45, 2.75) is 0 Å². The van der Waals surface area contributed by atoms with Crippen LogP contribution in [0.25, 0.3) is 0 Å². The van der Waals surface area contributed by atoms with Gasteiger partial charge >= 0.3 is 0 Å². The van der Waals surface area contributed by atoms with Crippen LogP contribution in [0.15, 0.2) is 58.7 Å². The monoisotopic (exact) mass is 333 g/mol.